The first-order valence-electron chi connectivity index (χ1n) is 7.06. The van der Waals surface area contributed by atoms with E-state index >= 15 is 0 Å². The van der Waals surface area contributed by atoms with E-state index < -0.39 is 6.04 Å². The molecule has 0 saturated carbocycles. The first kappa shape index (κ1) is 17.3. The van der Waals surface area contributed by atoms with E-state index in [2.05, 4.69) is 5.32 Å². The van der Waals surface area contributed by atoms with Crippen LogP contribution in [0.25, 0.3) is 0 Å². The Morgan fingerprint density at radius 3 is 2.87 bits per heavy atom. The van der Waals surface area contributed by atoms with Crippen LogP contribution < -0.4 is 11.1 Å². The van der Waals surface area contributed by atoms with Crippen LogP contribution in [0.2, 0.25) is 0 Å². The second-order valence-electron chi connectivity index (χ2n) is 5.28. The molecule has 5 nitrogen and oxygen atoms in total. The Morgan fingerprint density at radius 2 is 2.17 bits per heavy atom. The van der Waals surface area contributed by atoms with Crippen molar-refractivity contribution in [3.05, 3.63) is 51.7 Å². The highest BCUT2D eigenvalue weighted by Gasteiger charge is 2.35. The molecular weight excluding hydrogens is 334 g/mol. The van der Waals surface area contributed by atoms with Crippen LogP contribution >= 0.6 is 23.7 Å². The van der Waals surface area contributed by atoms with Gasteiger partial charge in [-0.1, -0.05) is 12.1 Å². The summed E-state index contributed by atoms with van der Waals surface area (Å²) in [6, 6.07) is 8.47. The van der Waals surface area contributed by atoms with Crippen LogP contribution in [0.5, 0.6) is 0 Å². The summed E-state index contributed by atoms with van der Waals surface area (Å²) in [7, 11) is 0. The Kier molecular flexibility index (Phi) is 5.28. The molecule has 3 N–H and O–H groups in total. The zero-order valence-electron chi connectivity index (χ0n) is 12.6. The molecule has 0 aliphatic carbocycles. The largest absolute Gasteiger partial charge is 0.399 e. The fraction of sp³-hybridized carbons (Fsp3) is 0.250. The summed E-state index contributed by atoms with van der Waals surface area (Å²) >= 11 is 1.48. The Morgan fingerprint density at radius 1 is 1.39 bits per heavy atom. The number of nitrogens with one attached hydrogen (secondary N) is 1. The predicted molar refractivity (Wildman–Crippen MR) is 93.9 cm³/mol. The molecule has 2 heterocycles. The number of carbonyl (C=O) groups excluding carboxylic acids is 2. The summed E-state index contributed by atoms with van der Waals surface area (Å²) < 4.78 is 0. The SMILES string of the molecule is Cc1ccc(N)cc1C(=O)N1CCNC(=O)C1c1cccs1.Cl. The maximum atomic E-state index is 12.9. The molecule has 0 radical (unpaired) electrons. The molecule has 3 rings (SSSR count). The van der Waals surface area contributed by atoms with Gasteiger partial charge in [-0.15, -0.1) is 23.7 Å². The molecule has 122 valence electrons. The van der Waals surface area contributed by atoms with E-state index in [-0.39, 0.29) is 24.2 Å². The van der Waals surface area contributed by atoms with Gasteiger partial charge in [0.25, 0.3) is 5.91 Å². The average Bonchev–Trinajstić information content (AvgIpc) is 3.02. The normalized spacial score (nSPS) is 17.3. The number of piperazine rings is 1. The molecule has 1 fully saturated rings. The van der Waals surface area contributed by atoms with E-state index in [4.69, 9.17) is 5.73 Å². The maximum absolute atomic E-state index is 12.9. The van der Waals surface area contributed by atoms with Gasteiger partial charge in [-0.05, 0) is 36.1 Å². The van der Waals surface area contributed by atoms with Gasteiger partial charge in [-0.25, -0.2) is 0 Å². The van der Waals surface area contributed by atoms with Crippen molar-refractivity contribution < 1.29 is 9.59 Å². The van der Waals surface area contributed by atoms with Crippen molar-refractivity contribution in [2.24, 2.45) is 0 Å². The topological polar surface area (TPSA) is 75.4 Å². The lowest BCUT2D eigenvalue weighted by molar-refractivity contribution is -0.127. The average molecular weight is 352 g/mol. The Hall–Kier alpha value is -2.05. The number of nitrogen functional groups attached to an aromatic ring is 1. The number of hydrogen-bond donors (Lipinski definition) is 2. The van der Waals surface area contributed by atoms with Gasteiger partial charge >= 0.3 is 0 Å². The lowest BCUT2D eigenvalue weighted by Crippen LogP contribution is -2.52. The third-order valence-electron chi connectivity index (χ3n) is 3.78. The van der Waals surface area contributed by atoms with Crippen molar-refractivity contribution in [2.45, 2.75) is 13.0 Å². The summed E-state index contributed by atoms with van der Waals surface area (Å²) in [5.41, 5.74) is 7.76. The smallest absolute Gasteiger partial charge is 0.255 e. The van der Waals surface area contributed by atoms with Crippen LogP contribution in [0, 0.1) is 6.92 Å². The highest BCUT2D eigenvalue weighted by molar-refractivity contribution is 7.10. The Bertz CT molecular complexity index is 718. The first-order chi connectivity index (χ1) is 10.6. The third-order valence-corrected chi connectivity index (χ3v) is 4.70. The van der Waals surface area contributed by atoms with Crippen molar-refractivity contribution in [1.29, 1.82) is 0 Å². The third kappa shape index (κ3) is 3.33. The Labute approximate surface area is 144 Å². The number of benzene rings is 1. The summed E-state index contributed by atoms with van der Waals surface area (Å²) in [4.78, 5) is 27.7. The van der Waals surface area contributed by atoms with Crippen LogP contribution in [0.1, 0.15) is 26.8 Å². The fourth-order valence-corrected chi connectivity index (χ4v) is 3.47. The summed E-state index contributed by atoms with van der Waals surface area (Å²) in [6.07, 6.45) is 0. The molecule has 0 spiro atoms. The van der Waals surface area contributed by atoms with Gasteiger partial charge in [0.15, 0.2) is 0 Å². The molecule has 1 aliphatic heterocycles. The zero-order chi connectivity index (χ0) is 15.7. The number of carbonyl (C=O) groups is 2. The fourth-order valence-electron chi connectivity index (χ4n) is 2.64. The van der Waals surface area contributed by atoms with Crippen molar-refractivity contribution in [2.75, 3.05) is 18.8 Å². The summed E-state index contributed by atoms with van der Waals surface area (Å²) in [5.74, 6) is -0.290. The molecule has 1 atom stereocenters. The van der Waals surface area contributed by atoms with Gasteiger partial charge in [0.1, 0.15) is 6.04 Å². The van der Waals surface area contributed by atoms with Gasteiger partial charge in [-0.3, -0.25) is 9.59 Å². The number of halogens is 1. The highest BCUT2D eigenvalue weighted by atomic mass is 35.5. The van der Waals surface area contributed by atoms with E-state index in [0.29, 0.717) is 24.3 Å². The second-order valence-corrected chi connectivity index (χ2v) is 6.26. The minimum Gasteiger partial charge on any atom is -0.399 e. The molecular formula is C16H18ClN3O2S. The van der Waals surface area contributed by atoms with Crippen LogP contribution in [-0.4, -0.2) is 29.8 Å². The van der Waals surface area contributed by atoms with Crippen LogP contribution in [0.3, 0.4) is 0 Å². The molecule has 1 aromatic heterocycles. The number of aryl methyl sites for hydroxylation is 1. The lowest BCUT2D eigenvalue weighted by Gasteiger charge is -2.34. The standard InChI is InChI=1S/C16H17N3O2S.ClH/c1-10-4-5-11(17)9-12(10)16(21)19-7-6-18-15(20)14(19)13-3-2-8-22-13;/h2-5,8-9,14H,6-7,17H2,1H3,(H,18,20);1H. The number of amides is 2. The van der Waals surface area contributed by atoms with Crippen molar-refractivity contribution in [1.82, 2.24) is 10.2 Å². The predicted octanol–water partition coefficient (Wildman–Crippen LogP) is 2.37. The van der Waals surface area contributed by atoms with Gasteiger partial charge in [0.2, 0.25) is 5.91 Å². The number of hydrogen-bond acceptors (Lipinski definition) is 4. The minimum atomic E-state index is -0.568. The molecule has 1 unspecified atom stereocenters. The van der Waals surface area contributed by atoms with Crippen LogP contribution in [0.15, 0.2) is 35.7 Å². The monoisotopic (exact) mass is 351 g/mol. The molecule has 23 heavy (non-hydrogen) atoms. The number of anilines is 1. The number of nitrogens with zero attached hydrogens (tertiary/aromatic N) is 1. The van der Waals surface area contributed by atoms with Crippen LogP contribution in [-0.2, 0) is 4.79 Å². The molecule has 1 saturated heterocycles. The molecule has 1 aromatic carbocycles. The zero-order valence-corrected chi connectivity index (χ0v) is 14.2. The summed E-state index contributed by atoms with van der Waals surface area (Å²) in [5, 5.41) is 4.74. The van der Waals surface area contributed by atoms with E-state index in [9.17, 15) is 9.59 Å². The van der Waals surface area contributed by atoms with Crippen molar-refractivity contribution >= 4 is 41.2 Å². The van der Waals surface area contributed by atoms with Crippen LogP contribution in [0.4, 0.5) is 5.69 Å². The Balaban J connectivity index is 0.00000192. The first-order valence-corrected chi connectivity index (χ1v) is 7.94. The quantitative estimate of drug-likeness (QED) is 0.816. The maximum Gasteiger partial charge on any atom is 0.255 e. The van der Waals surface area contributed by atoms with E-state index in [1.54, 1.807) is 17.0 Å². The number of rotatable bonds is 2. The minimum absolute atomic E-state index is 0. The van der Waals surface area contributed by atoms with Gasteiger partial charge in [0, 0.05) is 29.2 Å². The number of thiophene rings is 1. The second kappa shape index (κ2) is 7.02. The van der Waals surface area contributed by atoms with E-state index in [1.165, 1.54) is 11.3 Å². The lowest BCUT2D eigenvalue weighted by atomic mass is 10.0. The highest BCUT2D eigenvalue weighted by Crippen LogP contribution is 2.29. The summed E-state index contributed by atoms with van der Waals surface area (Å²) in [6.45, 7) is 2.83. The van der Waals surface area contributed by atoms with Gasteiger partial charge < -0.3 is 16.0 Å². The molecule has 2 aromatic rings. The van der Waals surface area contributed by atoms with Gasteiger partial charge in [-0.2, -0.15) is 0 Å². The van der Waals surface area contributed by atoms with Crippen molar-refractivity contribution in [3.63, 3.8) is 0 Å². The molecule has 2 amide bonds. The molecule has 0 bridgehead atoms. The van der Waals surface area contributed by atoms with Crippen molar-refractivity contribution in [3.8, 4) is 0 Å². The molecule has 1 aliphatic rings. The molecule has 7 heteroatoms. The van der Waals surface area contributed by atoms with E-state index in [0.717, 1.165) is 10.4 Å². The van der Waals surface area contributed by atoms with E-state index in [1.807, 2.05) is 30.5 Å². The van der Waals surface area contributed by atoms with Gasteiger partial charge in [0.05, 0.1) is 0 Å². The number of nitrogens with two attached hydrogens (primary N) is 1.